The topological polar surface area (TPSA) is 237 Å². The minimum atomic E-state index is -4.97. The van der Waals surface area contributed by atoms with Crippen molar-refractivity contribution in [1.82, 2.24) is 0 Å². The standard InChI is InChI=1S/C90H176O17P2/c1-6-10-13-16-19-22-25-28-31-34-36-37-38-40-42-45-48-51-54-61-66-71-76-89(94)106-85(79-100-87(92)73-68-63-58-52-49-46-44-41-39-35-32-29-26-23-20-17-14-11-7-2)81-104-108(96,97)102-77-84(91)78-103-109(98,99)105-82-86(80-101-88(93)74-69-64-59-56-55-57-62-67-72-83(5)9-4)107-90(95)75-70-65-60-53-50-47-43-33-30-27-24-21-18-15-12-8-3/h83-86,91H,6-82H2,1-5H3,(H,96,97)(H,98,99)/t83?,84-,85-,86-/m1/s1. The number of carbonyl (C=O) groups excluding carboxylic acids is 4. The molecule has 19 heteroatoms. The quantitative estimate of drug-likeness (QED) is 0.0222. The smallest absolute Gasteiger partial charge is 0.462 e. The van der Waals surface area contributed by atoms with Crippen molar-refractivity contribution < 1.29 is 80.2 Å². The minimum Gasteiger partial charge on any atom is -0.462 e. The molecule has 0 rings (SSSR count). The third kappa shape index (κ3) is 82.4. The first-order chi connectivity index (χ1) is 53.1. The van der Waals surface area contributed by atoms with Gasteiger partial charge in [-0.25, -0.2) is 9.13 Å². The van der Waals surface area contributed by atoms with Crippen LogP contribution in [0.5, 0.6) is 0 Å². The Kier molecular flexibility index (Phi) is 81.1. The van der Waals surface area contributed by atoms with E-state index in [1.165, 1.54) is 315 Å². The van der Waals surface area contributed by atoms with Crippen molar-refractivity contribution in [1.29, 1.82) is 0 Å². The molecule has 0 aliphatic rings. The maximum atomic E-state index is 13.2. The predicted molar refractivity (Wildman–Crippen MR) is 451 cm³/mol. The van der Waals surface area contributed by atoms with Gasteiger partial charge < -0.3 is 33.8 Å². The molecule has 0 amide bonds. The molecule has 0 heterocycles. The van der Waals surface area contributed by atoms with Crippen LogP contribution in [0, 0.1) is 5.92 Å². The lowest BCUT2D eigenvalue weighted by atomic mass is 9.99. The van der Waals surface area contributed by atoms with E-state index in [4.69, 9.17) is 37.0 Å². The lowest BCUT2D eigenvalue weighted by Gasteiger charge is -2.21. The molecule has 0 aromatic heterocycles. The number of phosphoric ester groups is 2. The van der Waals surface area contributed by atoms with E-state index in [0.29, 0.717) is 25.7 Å². The van der Waals surface area contributed by atoms with Crippen molar-refractivity contribution in [3.8, 4) is 0 Å². The number of hydrogen-bond donors (Lipinski definition) is 3. The Bertz CT molecular complexity index is 2070. The molecular formula is C90H176O17P2. The van der Waals surface area contributed by atoms with Gasteiger partial charge in [0.1, 0.15) is 19.3 Å². The summed E-state index contributed by atoms with van der Waals surface area (Å²) in [7, 11) is -9.93. The van der Waals surface area contributed by atoms with Gasteiger partial charge in [0.25, 0.3) is 0 Å². The number of unbranched alkanes of at least 4 members (excludes halogenated alkanes) is 61. The second kappa shape index (κ2) is 82.6. The zero-order valence-corrected chi connectivity index (χ0v) is 73.5. The SMILES string of the molecule is CCCCCCCCCCCCCCCCCCCCCCCCC(=O)O[C@H](COC(=O)CCCCCCCCCCCCCCCCCCCCC)COP(=O)(O)OC[C@@H](O)COP(=O)(O)OC[C@@H](COC(=O)CCCCCCCCCCC(C)CC)OC(=O)CCCCCCCCCCCCCCCCCC. The largest absolute Gasteiger partial charge is 0.472 e. The fraction of sp³-hybridized carbons (Fsp3) is 0.956. The molecule has 0 saturated heterocycles. The molecule has 0 aromatic carbocycles. The summed E-state index contributed by atoms with van der Waals surface area (Å²) in [6, 6.07) is 0. The molecular weight excluding hydrogens is 1410 g/mol. The monoisotopic (exact) mass is 1590 g/mol. The van der Waals surface area contributed by atoms with Gasteiger partial charge in [0.15, 0.2) is 12.2 Å². The summed E-state index contributed by atoms with van der Waals surface area (Å²) in [4.78, 5) is 73.4. The van der Waals surface area contributed by atoms with Crippen molar-refractivity contribution in [2.75, 3.05) is 39.6 Å². The molecule has 0 fully saturated rings. The highest BCUT2D eigenvalue weighted by Crippen LogP contribution is 2.45. The number of carbonyl (C=O) groups is 4. The summed E-state index contributed by atoms with van der Waals surface area (Å²) in [5.74, 6) is -1.32. The fourth-order valence-corrected chi connectivity index (χ4v) is 15.7. The van der Waals surface area contributed by atoms with Crippen molar-refractivity contribution in [3.05, 3.63) is 0 Å². The molecule has 0 saturated carbocycles. The fourth-order valence-electron chi connectivity index (χ4n) is 14.1. The number of hydrogen-bond acceptors (Lipinski definition) is 15. The van der Waals surface area contributed by atoms with E-state index in [1.54, 1.807) is 0 Å². The molecule has 3 unspecified atom stereocenters. The lowest BCUT2D eigenvalue weighted by molar-refractivity contribution is -0.161. The molecule has 109 heavy (non-hydrogen) atoms. The number of aliphatic hydroxyl groups excluding tert-OH is 1. The van der Waals surface area contributed by atoms with Crippen LogP contribution in [0.1, 0.15) is 490 Å². The van der Waals surface area contributed by atoms with Gasteiger partial charge in [-0.15, -0.1) is 0 Å². The van der Waals surface area contributed by atoms with Gasteiger partial charge in [-0.2, -0.15) is 0 Å². The van der Waals surface area contributed by atoms with Crippen LogP contribution in [0.15, 0.2) is 0 Å². The van der Waals surface area contributed by atoms with Crippen LogP contribution >= 0.6 is 15.6 Å². The van der Waals surface area contributed by atoms with Crippen LogP contribution in [0.2, 0.25) is 0 Å². The minimum absolute atomic E-state index is 0.108. The molecule has 0 aliphatic carbocycles. The highest BCUT2D eigenvalue weighted by Gasteiger charge is 2.31. The number of rotatable bonds is 90. The number of esters is 4. The van der Waals surface area contributed by atoms with E-state index in [0.717, 1.165) is 95.8 Å². The first-order valence-electron chi connectivity index (χ1n) is 46.7. The van der Waals surface area contributed by atoms with E-state index >= 15 is 0 Å². The molecule has 0 aliphatic heterocycles. The Morgan fingerprint density at radius 2 is 0.440 bits per heavy atom. The van der Waals surface area contributed by atoms with Crippen LogP contribution in [-0.4, -0.2) is 96.7 Å². The summed E-state index contributed by atoms with van der Waals surface area (Å²) < 4.78 is 69.1. The third-order valence-corrected chi connectivity index (χ3v) is 23.5. The van der Waals surface area contributed by atoms with E-state index in [-0.39, 0.29) is 25.7 Å². The predicted octanol–water partition coefficient (Wildman–Crippen LogP) is 27.9. The van der Waals surface area contributed by atoms with E-state index < -0.39 is 97.5 Å². The first kappa shape index (κ1) is 107. The number of ether oxygens (including phenoxy) is 4. The zero-order chi connectivity index (χ0) is 79.7. The van der Waals surface area contributed by atoms with E-state index in [1.807, 2.05) is 0 Å². The molecule has 0 bridgehead atoms. The molecule has 0 spiro atoms. The maximum Gasteiger partial charge on any atom is 0.472 e. The number of phosphoric acid groups is 2. The van der Waals surface area contributed by atoms with Gasteiger partial charge in [-0.3, -0.25) is 37.3 Å². The molecule has 3 N–H and O–H groups in total. The van der Waals surface area contributed by atoms with Gasteiger partial charge >= 0.3 is 39.5 Å². The van der Waals surface area contributed by atoms with Crippen molar-refractivity contribution >= 4 is 39.5 Å². The Morgan fingerprint density at radius 1 is 0.257 bits per heavy atom. The summed E-state index contributed by atoms with van der Waals surface area (Å²) >= 11 is 0. The van der Waals surface area contributed by atoms with Crippen LogP contribution in [0.3, 0.4) is 0 Å². The lowest BCUT2D eigenvalue weighted by Crippen LogP contribution is -2.30. The molecule has 0 aromatic rings. The number of aliphatic hydroxyl groups is 1. The normalized spacial score (nSPS) is 13.9. The van der Waals surface area contributed by atoms with Gasteiger partial charge in [-0.1, -0.05) is 439 Å². The Balaban J connectivity index is 5.24. The Labute approximate surface area is 670 Å². The summed E-state index contributed by atoms with van der Waals surface area (Å²) in [6.07, 6.45) is 77.8. The zero-order valence-electron chi connectivity index (χ0n) is 71.7. The van der Waals surface area contributed by atoms with Gasteiger partial charge in [-0.05, 0) is 31.6 Å². The average molecular weight is 1590 g/mol. The second-order valence-electron chi connectivity index (χ2n) is 32.6. The van der Waals surface area contributed by atoms with E-state index in [9.17, 15) is 43.2 Å². The van der Waals surface area contributed by atoms with Crippen molar-refractivity contribution in [2.24, 2.45) is 5.92 Å². The molecule has 17 nitrogen and oxygen atoms in total. The molecule has 648 valence electrons. The third-order valence-electron chi connectivity index (χ3n) is 21.6. The second-order valence-corrected chi connectivity index (χ2v) is 35.5. The van der Waals surface area contributed by atoms with Crippen LogP contribution in [0.25, 0.3) is 0 Å². The van der Waals surface area contributed by atoms with Gasteiger partial charge in [0.05, 0.1) is 26.4 Å². The van der Waals surface area contributed by atoms with E-state index in [2.05, 4.69) is 34.6 Å². The van der Waals surface area contributed by atoms with Gasteiger partial charge in [0, 0.05) is 25.7 Å². The maximum absolute atomic E-state index is 13.2. The summed E-state index contributed by atoms with van der Waals surface area (Å²) in [6.45, 7) is 7.39. The Hall–Kier alpha value is -1.94. The van der Waals surface area contributed by atoms with Crippen LogP contribution < -0.4 is 0 Å². The van der Waals surface area contributed by atoms with Crippen molar-refractivity contribution in [2.45, 2.75) is 509 Å². The van der Waals surface area contributed by atoms with Crippen LogP contribution in [0.4, 0.5) is 0 Å². The van der Waals surface area contributed by atoms with Gasteiger partial charge in [0.2, 0.25) is 0 Å². The Morgan fingerprint density at radius 3 is 0.651 bits per heavy atom. The average Bonchev–Trinajstić information content (AvgIpc) is 0.897. The highest BCUT2D eigenvalue weighted by atomic mass is 31.2. The van der Waals surface area contributed by atoms with Crippen molar-refractivity contribution in [3.63, 3.8) is 0 Å². The first-order valence-corrected chi connectivity index (χ1v) is 49.7. The van der Waals surface area contributed by atoms with Crippen LogP contribution in [-0.2, 0) is 65.4 Å². The highest BCUT2D eigenvalue weighted by molar-refractivity contribution is 7.47. The summed E-state index contributed by atoms with van der Waals surface area (Å²) in [5, 5.41) is 10.7. The molecule has 6 atom stereocenters. The summed E-state index contributed by atoms with van der Waals surface area (Å²) in [5.41, 5.74) is 0. The molecule has 0 radical (unpaired) electrons.